The molecule has 0 saturated heterocycles. The summed E-state index contributed by atoms with van der Waals surface area (Å²) >= 11 is 5.95. The first-order valence-electron chi connectivity index (χ1n) is 7.97. The van der Waals surface area contributed by atoms with Crippen molar-refractivity contribution in [3.8, 4) is 5.69 Å². The van der Waals surface area contributed by atoms with Gasteiger partial charge in [0.05, 0.1) is 38.9 Å². The average molecular weight is 392 g/mol. The highest BCUT2D eigenvalue weighted by molar-refractivity contribution is 6.30. The fourth-order valence-corrected chi connectivity index (χ4v) is 2.50. The number of allylic oxidation sites excluding steroid dienone is 2. The van der Waals surface area contributed by atoms with E-state index in [2.05, 4.69) is 16.9 Å². The van der Waals surface area contributed by atoms with Gasteiger partial charge in [0.25, 0.3) is 0 Å². The highest BCUT2D eigenvalue weighted by Gasteiger charge is 2.17. The first-order chi connectivity index (χ1) is 13.0. The molecule has 0 saturated carbocycles. The van der Waals surface area contributed by atoms with E-state index in [-0.39, 0.29) is 6.61 Å². The molecule has 0 aliphatic rings. The van der Waals surface area contributed by atoms with Gasteiger partial charge in [-0.05, 0) is 35.9 Å². The first-order valence-corrected chi connectivity index (χ1v) is 8.35. The van der Waals surface area contributed by atoms with Crippen LogP contribution in [0.3, 0.4) is 0 Å². The van der Waals surface area contributed by atoms with Gasteiger partial charge in [-0.1, -0.05) is 23.4 Å². The number of hydrogen-bond donors (Lipinski definition) is 0. The van der Waals surface area contributed by atoms with Gasteiger partial charge >= 0.3 is 0 Å². The fraction of sp³-hybridized carbons (Fsp3) is 0.263. The minimum atomic E-state index is 0.233. The molecular weight excluding hydrogens is 370 g/mol. The van der Waals surface area contributed by atoms with Gasteiger partial charge in [0.1, 0.15) is 6.61 Å². The van der Waals surface area contributed by atoms with Crippen LogP contribution in [0.4, 0.5) is 0 Å². The van der Waals surface area contributed by atoms with E-state index in [1.807, 2.05) is 12.1 Å². The molecule has 2 aromatic rings. The Morgan fingerprint density at radius 3 is 2.37 bits per heavy atom. The molecule has 0 spiro atoms. The van der Waals surface area contributed by atoms with Gasteiger partial charge in [-0.2, -0.15) is 0 Å². The molecule has 0 bridgehead atoms. The molecular formula is C19H22ClN3O4. The minimum Gasteiger partial charge on any atom is -0.495 e. The first kappa shape index (κ1) is 20.5. The third kappa shape index (κ3) is 4.90. The Balaban J connectivity index is 2.42. The predicted octanol–water partition coefficient (Wildman–Crippen LogP) is 3.62. The molecule has 0 unspecified atom stereocenters. The summed E-state index contributed by atoms with van der Waals surface area (Å²) in [5, 5.41) is 8.74. The molecule has 0 N–H and O–H groups in total. The van der Waals surface area contributed by atoms with Crippen LogP contribution in [0.25, 0.3) is 11.3 Å². The Bertz CT molecular complexity index is 841. The van der Waals surface area contributed by atoms with Gasteiger partial charge in [0.15, 0.2) is 11.5 Å². The normalized spacial score (nSPS) is 12.4. The van der Waals surface area contributed by atoms with Gasteiger partial charge in [-0.15, -0.1) is 5.10 Å². The van der Waals surface area contributed by atoms with Crippen molar-refractivity contribution in [1.29, 1.82) is 0 Å². The average Bonchev–Trinajstić information content (AvgIpc) is 3.17. The molecule has 2 rings (SSSR count). The highest BCUT2D eigenvalue weighted by Crippen LogP contribution is 2.24. The van der Waals surface area contributed by atoms with E-state index in [4.69, 9.17) is 30.5 Å². The van der Waals surface area contributed by atoms with E-state index in [0.717, 1.165) is 5.69 Å². The van der Waals surface area contributed by atoms with E-state index in [1.54, 1.807) is 36.2 Å². The van der Waals surface area contributed by atoms with Crippen molar-refractivity contribution >= 4 is 17.2 Å². The van der Waals surface area contributed by atoms with Crippen molar-refractivity contribution in [2.75, 3.05) is 35.0 Å². The molecule has 1 aromatic heterocycles. The maximum absolute atomic E-state index is 5.95. The molecule has 0 aliphatic carbocycles. The zero-order valence-electron chi connectivity index (χ0n) is 15.7. The number of nitrogens with zero attached hydrogens (tertiary/aromatic N) is 3. The summed E-state index contributed by atoms with van der Waals surface area (Å²) < 4.78 is 23.1. The van der Waals surface area contributed by atoms with Gasteiger partial charge in [0.2, 0.25) is 5.76 Å². The van der Waals surface area contributed by atoms with Crippen molar-refractivity contribution in [1.82, 2.24) is 15.0 Å². The molecule has 0 atom stereocenters. The van der Waals surface area contributed by atoms with Crippen molar-refractivity contribution in [2.45, 2.75) is 0 Å². The van der Waals surface area contributed by atoms with E-state index < -0.39 is 0 Å². The van der Waals surface area contributed by atoms with E-state index >= 15 is 0 Å². The monoisotopic (exact) mass is 391 g/mol. The van der Waals surface area contributed by atoms with Crippen molar-refractivity contribution in [3.05, 3.63) is 71.1 Å². The fourth-order valence-electron chi connectivity index (χ4n) is 2.38. The van der Waals surface area contributed by atoms with Crippen LogP contribution in [-0.2, 0) is 18.9 Å². The van der Waals surface area contributed by atoms with Crippen molar-refractivity contribution < 1.29 is 18.9 Å². The van der Waals surface area contributed by atoms with Crippen molar-refractivity contribution in [3.63, 3.8) is 0 Å². The number of rotatable bonds is 9. The lowest BCUT2D eigenvalue weighted by Crippen LogP contribution is -2.07. The number of ether oxygens (including phenoxy) is 4. The summed E-state index contributed by atoms with van der Waals surface area (Å²) in [4.78, 5) is 0. The lowest BCUT2D eigenvalue weighted by molar-refractivity contribution is 0.130. The van der Waals surface area contributed by atoms with Crippen LogP contribution in [-0.4, -0.2) is 50.0 Å². The topological polar surface area (TPSA) is 67.6 Å². The van der Waals surface area contributed by atoms with Gasteiger partial charge in [-0.25, -0.2) is 4.68 Å². The van der Waals surface area contributed by atoms with Crippen LogP contribution in [0.2, 0.25) is 5.02 Å². The van der Waals surface area contributed by atoms with Crippen LogP contribution in [0.5, 0.6) is 0 Å². The lowest BCUT2D eigenvalue weighted by Gasteiger charge is -2.15. The van der Waals surface area contributed by atoms with E-state index in [9.17, 15) is 0 Å². The number of hydrogen-bond acceptors (Lipinski definition) is 6. The largest absolute Gasteiger partial charge is 0.495 e. The predicted molar refractivity (Wildman–Crippen MR) is 103 cm³/mol. The third-order valence-electron chi connectivity index (χ3n) is 3.68. The molecule has 0 fully saturated rings. The van der Waals surface area contributed by atoms with Gasteiger partial charge < -0.3 is 18.9 Å². The second-order valence-electron chi connectivity index (χ2n) is 5.34. The van der Waals surface area contributed by atoms with Crippen LogP contribution in [0.15, 0.2) is 60.4 Å². The molecule has 7 nitrogen and oxygen atoms in total. The van der Waals surface area contributed by atoms with E-state index in [0.29, 0.717) is 33.6 Å². The number of aromatic nitrogens is 3. The summed E-state index contributed by atoms with van der Waals surface area (Å²) in [6, 6.07) is 7.25. The molecule has 144 valence electrons. The summed E-state index contributed by atoms with van der Waals surface area (Å²) in [6.45, 7) is 4.34. The van der Waals surface area contributed by atoms with Crippen molar-refractivity contribution in [2.24, 2.45) is 0 Å². The maximum Gasteiger partial charge on any atom is 0.201 e. The molecule has 0 amide bonds. The Morgan fingerprint density at radius 1 is 1.11 bits per heavy atom. The molecule has 0 aliphatic heterocycles. The third-order valence-corrected chi connectivity index (χ3v) is 3.93. The number of benzene rings is 1. The van der Waals surface area contributed by atoms with Crippen LogP contribution >= 0.6 is 11.6 Å². The van der Waals surface area contributed by atoms with E-state index in [1.165, 1.54) is 21.3 Å². The summed E-state index contributed by atoms with van der Waals surface area (Å²) in [6.07, 6.45) is 3.34. The summed E-state index contributed by atoms with van der Waals surface area (Å²) in [5.41, 5.74) is 2.11. The maximum atomic E-state index is 5.95. The Morgan fingerprint density at radius 2 is 1.81 bits per heavy atom. The zero-order valence-corrected chi connectivity index (χ0v) is 16.5. The molecule has 27 heavy (non-hydrogen) atoms. The summed E-state index contributed by atoms with van der Waals surface area (Å²) in [7, 11) is 6.17. The molecule has 8 heteroatoms. The quantitative estimate of drug-likeness (QED) is 0.480. The smallest absolute Gasteiger partial charge is 0.201 e. The van der Waals surface area contributed by atoms with Crippen LogP contribution < -0.4 is 0 Å². The number of halogens is 1. The highest BCUT2D eigenvalue weighted by atomic mass is 35.5. The molecule has 0 radical (unpaired) electrons. The van der Waals surface area contributed by atoms with Gasteiger partial charge in [-0.3, -0.25) is 0 Å². The standard InChI is InChI=1S/C19H22ClN3O4/c1-13(10-17(25-3)19(27-5)18(26-4)12-24-2)16-11-21-22-23(16)15-8-6-14(20)7-9-15/h6-11H,1,12H2,2-5H3/b17-10+,19-18-. The zero-order chi connectivity index (χ0) is 19.8. The Labute approximate surface area is 163 Å². The second kappa shape index (κ2) is 9.80. The van der Waals surface area contributed by atoms with Crippen LogP contribution in [0.1, 0.15) is 5.69 Å². The SMILES string of the molecule is C=C(/C=C(OC)\C(OC)=C(/COC)OC)c1cnnn1-c1ccc(Cl)cc1. The molecule has 1 aromatic carbocycles. The second-order valence-corrected chi connectivity index (χ2v) is 5.78. The minimum absolute atomic E-state index is 0.233. The lowest BCUT2D eigenvalue weighted by atomic mass is 10.1. The van der Waals surface area contributed by atoms with Crippen LogP contribution in [0, 0.1) is 0 Å². The number of methoxy groups -OCH3 is 4. The Kier molecular flexibility index (Phi) is 7.45. The molecule has 1 heterocycles. The Hall–Kier alpha value is -2.77. The van der Waals surface area contributed by atoms with Gasteiger partial charge in [0, 0.05) is 12.1 Å². The summed E-state index contributed by atoms with van der Waals surface area (Å²) in [5.74, 6) is 1.33.